The molecule has 3 nitrogen and oxygen atoms in total. The Morgan fingerprint density at radius 1 is 1.57 bits per heavy atom. The highest BCUT2D eigenvalue weighted by molar-refractivity contribution is 6.30. The zero-order valence-electron chi connectivity index (χ0n) is 8.24. The van der Waals surface area contributed by atoms with Gasteiger partial charge in [0.25, 0.3) is 0 Å². The Morgan fingerprint density at radius 2 is 2.36 bits per heavy atom. The van der Waals surface area contributed by atoms with Crippen molar-refractivity contribution in [3.8, 4) is 0 Å². The summed E-state index contributed by atoms with van der Waals surface area (Å²) in [6.45, 7) is 0.737. The molecule has 0 aliphatic rings. The number of hydrogen-bond acceptors (Lipinski definition) is 3. The first-order valence-electron chi connectivity index (χ1n) is 4.60. The number of halogens is 1. The van der Waals surface area contributed by atoms with E-state index in [9.17, 15) is 0 Å². The van der Waals surface area contributed by atoms with Gasteiger partial charge < -0.3 is 10.5 Å². The number of ether oxygens (including phenoxy) is 1. The normalized spacial score (nSPS) is 12.8. The number of rotatable bonds is 5. The maximum Gasteiger partial charge on any atom is 0.0589 e. The number of nitrogens with zero attached hydrogens (tertiary/aromatic N) is 1. The van der Waals surface area contributed by atoms with E-state index in [0.717, 1.165) is 25.1 Å². The van der Waals surface area contributed by atoms with Gasteiger partial charge in [-0.1, -0.05) is 11.6 Å². The van der Waals surface area contributed by atoms with Crippen LogP contribution in [-0.2, 0) is 4.74 Å². The number of methoxy groups -OCH3 is 1. The van der Waals surface area contributed by atoms with Gasteiger partial charge in [-0.05, 0) is 25.0 Å². The predicted octanol–water partition coefficient (Wildman–Crippen LogP) is 2.16. The fourth-order valence-corrected chi connectivity index (χ4v) is 1.31. The average Bonchev–Trinajstić information content (AvgIpc) is 2.19. The molecule has 0 spiro atoms. The van der Waals surface area contributed by atoms with Crippen LogP contribution >= 0.6 is 11.6 Å². The van der Waals surface area contributed by atoms with Gasteiger partial charge in [0.05, 0.1) is 10.7 Å². The highest BCUT2D eigenvalue weighted by Crippen LogP contribution is 2.15. The molecule has 0 aromatic carbocycles. The van der Waals surface area contributed by atoms with Crippen molar-refractivity contribution in [2.24, 2.45) is 5.73 Å². The lowest BCUT2D eigenvalue weighted by molar-refractivity contribution is 0.190. The van der Waals surface area contributed by atoms with Gasteiger partial charge in [0.15, 0.2) is 0 Å². The van der Waals surface area contributed by atoms with Crippen molar-refractivity contribution in [3.63, 3.8) is 0 Å². The molecule has 0 amide bonds. The molecule has 1 aromatic rings. The lowest BCUT2D eigenvalue weighted by Crippen LogP contribution is -2.12. The van der Waals surface area contributed by atoms with Crippen LogP contribution in [-0.4, -0.2) is 18.7 Å². The van der Waals surface area contributed by atoms with Crippen LogP contribution < -0.4 is 5.73 Å². The summed E-state index contributed by atoms with van der Waals surface area (Å²) in [7, 11) is 1.69. The summed E-state index contributed by atoms with van der Waals surface area (Å²) in [5.41, 5.74) is 6.80. The molecule has 0 bridgehead atoms. The summed E-state index contributed by atoms with van der Waals surface area (Å²) in [5.74, 6) is 0. The van der Waals surface area contributed by atoms with Gasteiger partial charge in [-0.2, -0.15) is 0 Å². The van der Waals surface area contributed by atoms with Crippen molar-refractivity contribution in [2.45, 2.75) is 18.9 Å². The molecular weight excluding hydrogens is 200 g/mol. The van der Waals surface area contributed by atoms with Crippen molar-refractivity contribution in [3.05, 3.63) is 29.0 Å². The van der Waals surface area contributed by atoms with Crippen molar-refractivity contribution < 1.29 is 4.74 Å². The fourth-order valence-electron chi connectivity index (χ4n) is 1.20. The molecule has 0 saturated heterocycles. The van der Waals surface area contributed by atoms with E-state index in [-0.39, 0.29) is 6.04 Å². The lowest BCUT2D eigenvalue weighted by Gasteiger charge is -2.10. The second-order valence-electron chi connectivity index (χ2n) is 3.14. The summed E-state index contributed by atoms with van der Waals surface area (Å²) in [4.78, 5) is 4.16. The minimum Gasteiger partial charge on any atom is -0.385 e. The summed E-state index contributed by atoms with van der Waals surface area (Å²) >= 11 is 5.72. The van der Waals surface area contributed by atoms with Crippen molar-refractivity contribution in [1.82, 2.24) is 4.98 Å². The first-order chi connectivity index (χ1) is 6.74. The molecule has 1 unspecified atom stereocenters. The molecule has 0 aliphatic carbocycles. The van der Waals surface area contributed by atoms with Crippen LogP contribution in [0.1, 0.15) is 24.6 Å². The van der Waals surface area contributed by atoms with Crippen molar-refractivity contribution in [1.29, 1.82) is 0 Å². The summed E-state index contributed by atoms with van der Waals surface area (Å²) < 4.78 is 4.95. The minimum absolute atomic E-state index is 0.0255. The summed E-state index contributed by atoms with van der Waals surface area (Å²) in [6.07, 6.45) is 3.44. The average molecular weight is 215 g/mol. The van der Waals surface area contributed by atoms with Crippen molar-refractivity contribution >= 4 is 11.6 Å². The Hall–Kier alpha value is -0.640. The molecule has 78 valence electrons. The van der Waals surface area contributed by atoms with Gasteiger partial charge in [0.2, 0.25) is 0 Å². The molecule has 1 atom stereocenters. The Kier molecular flexibility index (Phi) is 4.87. The van der Waals surface area contributed by atoms with E-state index in [0.29, 0.717) is 5.02 Å². The quantitative estimate of drug-likeness (QED) is 0.765. The highest BCUT2D eigenvalue weighted by Gasteiger charge is 2.06. The van der Waals surface area contributed by atoms with Gasteiger partial charge >= 0.3 is 0 Å². The molecule has 2 N–H and O–H groups in total. The van der Waals surface area contributed by atoms with E-state index in [4.69, 9.17) is 22.1 Å². The number of aromatic nitrogens is 1. The molecule has 0 radical (unpaired) electrons. The first-order valence-corrected chi connectivity index (χ1v) is 4.98. The van der Waals surface area contributed by atoms with Gasteiger partial charge in [0.1, 0.15) is 0 Å². The molecule has 4 heteroatoms. The van der Waals surface area contributed by atoms with Crippen LogP contribution in [0.2, 0.25) is 5.02 Å². The maximum atomic E-state index is 5.92. The minimum atomic E-state index is -0.0255. The third-order valence-corrected chi connectivity index (χ3v) is 2.22. The van der Waals surface area contributed by atoms with Crippen LogP contribution in [0.3, 0.4) is 0 Å². The third-order valence-electron chi connectivity index (χ3n) is 1.99. The zero-order valence-corrected chi connectivity index (χ0v) is 9.00. The Morgan fingerprint density at radius 3 is 2.93 bits per heavy atom. The summed E-state index contributed by atoms with van der Waals surface area (Å²) in [6, 6.07) is 3.64. The smallest absolute Gasteiger partial charge is 0.0589 e. The Bertz CT molecular complexity index is 263. The molecule has 1 aromatic heterocycles. The van der Waals surface area contributed by atoms with Crippen LogP contribution in [0.4, 0.5) is 0 Å². The lowest BCUT2D eigenvalue weighted by atomic mass is 10.1. The SMILES string of the molecule is COCCCC(N)c1ccc(Cl)cn1. The standard InChI is InChI=1S/C10H15ClN2O/c1-14-6-2-3-9(12)10-5-4-8(11)7-13-10/h4-5,7,9H,2-3,6,12H2,1H3. The van der Waals surface area contributed by atoms with Gasteiger partial charge in [0, 0.05) is 26.0 Å². The number of pyridine rings is 1. The van der Waals surface area contributed by atoms with E-state index in [2.05, 4.69) is 4.98 Å². The molecular formula is C10H15ClN2O. The number of hydrogen-bond donors (Lipinski definition) is 1. The number of nitrogens with two attached hydrogens (primary N) is 1. The molecule has 0 fully saturated rings. The maximum absolute atomic E-state index is 5.92. The third kappa shape index (κ3) is 3.62. The van der Waals surface area contributed by atoms with E-state index in [1.165, 1.54) is 0 Å². The zero-order chi connectivity index (χ0) is 10.4. The molecule has 14 heavy (non-hydrogen) atoms. The van der Waals surface area contributed by atoms with Gasteiger partial charge in [-0.3, -0.25) is 4.98 Å². The van der Waals surface area contributed by atoms with Gasteiger partial charge in [-0.25, -0.2) is 0 Å². The predicted molar refractivity (Wildman–Crippen MR) is 57.3 cm³/mol. The van der Waals surface area contributed by atoms with Crippen molar-refractivity contribution in [2.75, 3.05) is 13.7 Å². The molecule has 1 rings (SSSR count). The fraction of sp³-hybridized carbons (Fsp3) is 0.500. The van der Waals surface area contributed by atoms with Gasteiger partial charge in [-0.15, -0.1) is 0 Å². The van der Waals surface area contributed by atoms with E-state index < -0.39 is 0 Å². The van der Waals surface area contributed by atoms with Crippen LogP contribution in [0, 0.1) is 0 Å². The van der Waals surface area contributed by atoms with E-state index >= 15 is 0 Å². The topological polar surface area (TPSA) is 48.1 Å². The monoisotopic (exact) mass is 214 g/mol. The van der Waals surface area contributed by atoms with Crippen LogP contribution in [0.15, 0.2) is 18.3 Å². The van der Waals surface area contributed by atoms with Crippen LogP contribution in [0.5, 0.6) is 0 Å². The van der Waals surface area contributed by atoms with E-state index in [1.807, 2.05) is 6.07 Å². The molecule has 1 heterocycles. The van der Waals surface area contributed by atoms with E-state index in [1.54, 1.807) is 19.4 Å². The molecule has 0 saturated carbocycles. The second-order valence-corrected chi connectivity index (χ2v) is 3.58. The first kappa shape index (κ1) is 11.4. The summed E-state index contributed by atoms with van der Waals surface area (Å²) in [5, 5.41) is 0.637. The van der Waals surface area contributed by atoms with Crippen LogP contribution in [0.25, 0.3) is 0 Å². The largest absolute Gasteiger partial charge is 0.385 e. The highest BCUT2D eigenvalue weighted by atomic mass is 35.5. The molecule has 0 aliphatic heterocycles. The Balaban J connectivity index is 2.43. The Labute approximate surface area is 89.2 Å². The second kappa shape index (κ2) is 5.96.